The van der Waals surface area contributed by atoms with Crippen molar-refractivity contribution < 1.29 is 4.79 Å². The first kappa shape index (κ1) is 18.1. The van der Waals surface area contributed by atoms with E-state index in [0.29, 0.717) is 5.56 Å². The molecule has 4 rings (SSSR count). The molecule has 2 aromatic rings. The average Bonchev–Trinajstić information content (AvgIpc) is 3.24. The number of carbonyl (C=O) groups excluding carboxylic acids is 1. The molecule has 0 bridgehead atoms. The Morgan fingerprint density at radius 3 is 2.33 bits per heavy atom. The summed E-state index contributed by atoms with van der Waals surface area (Å²) in [5.74, 6) is -0.0587. The molecule has 0 atom stereocenters. The van der Waals surface area contributed by atoms with Gasteiger partial charge in [-0.15, -0.1) is 0 Å². The second-order valence-corrected chi connectivity index (χ2v) is 7.83. The van der Waals surface area contributed by atoms with Crippen LogP contribution in [-0.4, -0.2) is 43.0 Å². The third-order valence-corrected chi connectivity index (χ3v) is 5.93. The van der Waals surface area contributed by atoms with Crippen LogP contribution in [0.2, 0.25) is 0 Å². The zero-order valence-corrected chi connectivity index (χ0v) is 16.2. The van der Waals surface area contributed by atoms with Gasteiger partial charge < -0.3 is 10.2 Å². The van der Waals surface area contributed by atoms with Crippen LogP contribution in [-0.2, 0) is 0 Å². The number of benzene rings is 2. The van der Waals surface area contributed by atoms with E-state index >= 15 is 0 Å². The maximum Gasteiger partial charge on any atom is 0.255 e. The minimum absolute atomic E-state index is 0.0587. The smallest absolute Gasteiger partial charge is 0.255 e. The van der Waals surface area contributed by atoms with Crippen LogP contribution in [0.4, 0.5) is 11.4 Å². The van der Waals surface area contributed by atoms with Gasteiger partial charge in [-0.05, 0) is 56.2 Å². The summed E-state index contributed by atoms with van der Waals surface area (Å²) in [6.45, 7) is 6.50. The zero-order chi connectivity index (χ0) is 18.6. The molecule has 27 heavy (non-hydrogen) atoms. The van der Waals surface area contributed by atoms with E-state index in [2.05, 4.69) is 27.2 Å². The van der Waals surface area contributed by atoms with Gasteiger partial charge in [0.2, 0.25) is 0 Å². The Hall–Kier alpha value is -2.33. The lowest BCUT2D eigenvalue weighted by Crippen LogP contribution is -2.49. The average molecular weight is 364 g/mol. The molecule has 1 N–H and O–H groups in total. The molecule has 1 saturated carbocycles. The molecule has 1 heterocycles. The van der Waals surface area contributed by atoms with Crippen molar-refractivity contribution in [2.75, 3.05) is 36.4 Å². The minimum atomic E-state index is -0.0587. The number of aryl methyl sites for hydroxylation is 1. The number of hydrogen-bond acceptors (Lipinski definition) is 3. The Morgan fingerprint density at radius 1 is 0.963 bits per heavy atom. The summed E-state index contributed by atoms with van der Waals surface area (Å²) in [5, 5.41) is 2.99. The molecule has 0 spiro atoms. The quantitative estimate of drug-likeness (QED) is 0.879. The molecular formula is C23H29N3O. The lowest BCUT2D eigenvalue weighted by molar-refractivity contribution is 0.102. The first-order valence-electron chi connectivity index (χ1n) is 10.2. The topological polar surface area (TPSA) is 35.6 Å². The zero-order valence-electron chi connectivity index (χ0n) is 16.2. The van der Waals surface area contributed by atoms with Gasteiger partial charge in [-0.2, -0.15) is 0 Å². The van der Waals surface area contributed by atoms with Crippen LogP contribution < -0.4 is 10.2 Å². The molecule has 0 unspecified atom stereocenters. The molecule has 4 nitrogen and oxygen atoms in total. The minimum Gasteiger partial charge on any atom is -0.369 e. The van der Waals surface area contributed by atoms with Crippen LogP contribution >= 0.6 is 0 Å². The largest absolute Gasteiger partial charge is 0.369 e. The summed E-state index contributed by atoms with van der Waals surface area (Å²) in [6.07, 6.45) is 5.58. The van der Waals surface area contributed by atoms with Crippen molar-refractivity contribution in [1.29, 1.82) is 0 Å². The van der Waals surface area contributed by atoms with E-state index in [1.807, 2.05) is 43.3 Å². The molecule has 2 aromatic carbocycles. The SMILES string of the molecule is Cc1cccc(C(=O)Nc2ccc(N3CCN(C4CCCC4)CC3)cc2)c1. The van der Waals surface area contributed by atoms with Gasteiger partial charge in [0.05, 0.1) is 0 Å². The normalized spacial score (nSPS) is 18.6. The highest BCUT2D eigenvalue weighted by molar-refractivity contribution is 6.04. The fourth-order valence-electron chi connectivity index (χ4n) is 4.36. The van der Waals surface area contributed by atoms with E-state index in [9.17, 15) is 4.79 Å². The fraction of sp³-hybridized carbons (Fsp3) is 0.435. The first-order chi connectivity index (χ1) is 13.2. The van der Waals surface area contributed by atoms with Crippen molar-refractivity contribution in [1.82, 2.24) is 4.90 Å². The van der Waals surface area contributed by atoms with Gasteiger partial charge in [-0.25, -0.2) is 0 Å². The standard InChI is InChI=1S/C23H29N3O/c1-18-5-4-6-19(17-18)23(27)24-20-9-11-22(12-10-20)26-15-13-25(14-16-26)21-7-2-3-8-21/h4-6,9-12,17,21H,2-3,7-8,13-16H2,1H3,(H,24,27). The summed E-state index contributed by atoms with van der Waals surface area (Å²) >= 11 is 0. The van der Waals surface area contributed by atoms with Crippen LogP contribution in [0.25, 0.3) is 0 Å². The Labute approximate surface area is 162 Å². The van der Waals surface area contributed by atoms with Gasteiger partial charge >= 0.3 is 0 Å². The lowest BCUT2D eigenvalue weighted by Gasteiger charge is -2.39. The molecule has 1 amide bonds. The first-order valence-corrected chi connectivity index (χ1v) is 10.2. The number of hydrogen-bond donors (Lipinski definition) is 1. The Kier molecular flexibility index (Phi) is 5.44. The van der Waals surface area contributed by atoms with E-state index < -0.39 is 0 Å². The van der Waals surface area contributed by atoms with Crippen molar-refractivity contribution in [3.05, 3.63) is 59.7 Å². The maximum atomic E-state index is 12.4. The van der Waals surface area contributed by atoms with Gasteiger partial charge in [0.25, 0.3) is 5.91 Å². The molecule has 1 saturated heterocycles. The summed E-state index contributed by atoms with van der Waals surface area (Å²) in [5.41, 5.74) is 3.88. The molecule has 2 fully saturated rings. The van der Waals surface area contributed by atoms with Gasteiger partial charge in [0, 0.05) is 49.2 Å². The predicted molar refractivity (Wildman–Crippen MR) is 112 cm³/mol. The summed E-state index contributed by atoms with van der Waals surface area (Å²) in [7, 11) is 0. The lowest BCUT2D eigenvalue weighted by atomic mass is 10.1. The number of nitrogens with zero attached hydrogens (tertiary/aromatic N) is 2. The highest BCUT2D eigenvalue weighted by Gasteiger charge is 2.26. The molecule has 1 aliphatic heterocycles. The summed E-state index contributed by atoms with van der Waals surface area (Å²) < 4.78 is 0. The monoisotopic (exact) mass is 363 g/mol. The number of rotatable bonds is 4. The van der Waals surface area contributed by atoms with Crippen molar-refractivity contribution in [3.63, 3.8) is 0 Å². The molecule has 4 heteroatoms. The van der Waals surface area contributed by atoms with Crippen LogP contribution in [0.5, 0.6) is 0 Å². The summed E-state index contributed by atoms with van der Waals surface area (Å²) in [4.78, 5) is 17.5. The van der Waals surface area contributed by atoms with Crippen molar-refractivity contribution in [2.24, 2.45) is 0 Å². The molecule has 1 aliphatic carbocycles. The third-order valence-electron chi connectivity index (χ3n) is 5.93. The third kappa shape index (κ3) is 4.33. The molecule has 2 aliphatic rings. The number of anilines is 2. The van der Waals surface area contributed by atoms with E-state index in [0.717, 1.165) is 43.5 Å². The summed E-state index contributed by atoms with van der Waals surface area (Å²) in [6, 6.07) is 16.8. The number of carbonyl (C=O) groups is 1. The van der Waals surface area contributed by atoms with Crippen LogP contribution in [0, 0.1) is 6.92 Å². The fourth-order valence-corrected chi connectivity index (χ4v) is 4.36. The molecule has 142 valence electrons. The number of piperazine rings is 1. The Morgan fingerprint density at radius 2 is 1.67 bits per heavy atom. The number of amides is 1. The van der Waals surface area contributed by atoms with Crippen LogP contribution in [0.1, 0.15) is 41.6 Å². The Balaban J connectivity index is 1.33. The van der Waals surface area contributed by atoms with E-state index in [1.165, 1.54) is 31.4 Å². The van der Waals surface area contributed by atoms with E-state index in [1.54, 1.807) is 0 Å². The van der Waals surface area contributed by atoms with E-state index in [-0.39, 0.29) is 5.91 Å². The second kappa shape index (κ2) is 8.13. The van der Waals surface area contributed by atoms with E-state index in [4.69, 9.17) is 0 Å². The van der Waals surface area contributed by atoms with Gasteiger partial charge in [-0.3, -0.25) is 9.69 Å². The maximum absolute atomic E-state index is 12.4. The Bertz CT molecular complexity index is 772. The van der Waals surface area contributed by atoms with Gasteiger partial charge in [0.15, 0.2) is 0 Å². The van der Waals surface area contributed by atoms with Gasteiger partial charge in [-0.1, -0.05) is 30.5 Å². The van der Waals surface area contributed by atoms with Crippen LogP contribution in [0.15, 0.2) is 48.5 Å². The van der Waals surface area contributed by atoms with Crippen LogP contribution in [0.3, 0.4) is 0 Å². The second-order valence-electron chi connectivity index (χ2n) is 7.83. The number of nitrogens with one attached hydrogen (secondary N) is 1. The highest BCUT2D eigenvalue weighted by atomic mass is 16.1. The van der Waals surface area contributed by atoms with Crippen molar-refractivity contribution in [3.8, 4) is 0 Å². The molecule has 0 aromatic heterocycles. The predicted octanol–water partition coefficient (Wildman–Crippen LogP) is 4.31. The van der Waals surface area contributed by atoms with Gasteiger partial charge in [0.1, 0.15) is 0 Å². The molecular weight excluding hydrogens is 334 g/mol. The van der Waals surface area contributed by atoms with Crippen molar-refractivity contribution in [2.45, 2.75) is 38.6 Å². The highest BCUT2D eigenvalue weighted by Crippen LogP contribution is 2.26. The molecule has 0 radical (unpaired) electrons. The van der Waals surface area contributed by atoms with Crippen molar-refractivity contribution >= 4 is 17.3 Å².